The number of fused-ring (bicyclic) bond motifs is 1. The van der Waals surface area contributed by atoms with Crippen LogP contribution in [-0.2, 0) is 0 Å². The summed E-state index contributed by atoms with van der Waals surface area (Å²) in [5.41, 5.74) is 1.33. The summed E-state index contributed by atoms with van der Waals surface area (Å²) in [6.07, 6.45) is 1.68. The van der Waals surface area contributed by atoms with E-state index in [9.17, 15) is 4.79 Å². The number of rotatable bonds is 5. The minimum absolute atomic E-state index is 0.0173. The molecule has 0 radical (unpaired) electrons. The molecule has 2 rings (SSSR count). The van der Waals surface area contributed by atoms with Gasteiger partial charge in [-0.05, 0) is 18.7 Å². The van der Waals surface area contributed by atoms with Crippen molar-refractivity contribution in [3.63, 3.8) is 0 Å². The van der Waals surface area contributed by atoms with E-state index in [1.54, 1.807) is 25.4 Å². The van der Waals surface area contributed by atoms with Gasteiger partial charge in [0.1, 0.15) is 5.75 Å². The molecule has 0 unspecified atom stereocenters. The molecule has 1 aromatic heterocycles. The molecular formula is C13H15ClN2O2. The van der Waals surface area contributed by atoms with Crippen molar-refractivity contribution in [3.05, 3.63) is 28.9 Å². The fourth-order valence-electron chi connectivity index (χ4n) is 1.91. The number of nitrogens with one attached hydrogen (secondary N) is 2. The van der Waals surface area contributed by atoms with Crippen molar-refractivity contribution in [3.8, 4) is 5.75 Å². The second kappa shape index (κ2) is 5.42. The summed E-state index contributed by atoms with van der Waals surface area (Å²) in [6.45, 7) is 3.02. The van der Waals surface area contributed by atoms with Crippen LogP contribution in [0.1, 0.15) is 17.3 Å². The second-order valence-corrected chi connectivity index (χ2v) is 4.31. The Kier molecular flexibility index (Phi) is 3.89. The molecule has 0 atom stereocenters. The van der Waals surface area contributed by atoms with Crippen molar-refractivity contribution in [2.24, 2.45) is 0 Å². The number of carbonyl (C=O) groups excluding carboxylic acids is 1. The number of halogens is 1. The molecule has 5 heteroatoms. The number of carbonyl (C=O) groups is 1. The fourth-order valence-corrected chi connectivity index (χ4v) is 2.12. The molecule has 0 bridgehead atoms. The highest BCUT2D eigenvalue weighted by atomic mass is 35.5. The molecule has 0 aliphatic rings. The number of aromatic nitrogens is 1. The molecule has 1 heterocycles. The highest BCUT2D eigenvalue weighted by molar-refractivity contribution is 6.36. The lowest BCUT2D eigenvalue weighted by atomic mass is 10.1. The van der Waals surface area contributed by atoms with Crippen LogP contribution in [0.3, 0.4) is 0 Å². The van der Waals surface area contributed by atoms with Crippen molar-refractivity contribution in [2.75, 3.05) is 20.2 Å². The molecule has 1 aromatic carbocycles. The maximum Gasteiger partial charge on any atom is 0.178 e. The van der Waals surface area contributed by atoms with E-state index in [2.05, 4.69) is 10.3 Å². The summed E-state index contributed by atoms with van der Waals surface area (Å²) in [6, 6.07) is 3.51. The van der Waals surface area contributed by atoms with Gasteiger partial charge in [-0.2, -0.15) is 0 Å². The van der Waals surface area contributed by atoms with Gasteiger partial charge in [0, 0.05) is 11.8 Å². The maximum absolute atomic E-state index is 12.1. The summed E-state index contributed by atoms with van der Waals surface area (Å²) in [5.74, 6) is 0.666. The Morgan fingerprint density at radius 3 is 2.94 bits per heavy atom. The summed E-state index contributed by atoms with van der Waals surface area (Å²) < 4.78 is 5.28. The van der Waals surface area contributed by atoms with Gasteiger partial charge in [-0.25, -0.2) is 0 Å². The zero-order valence-corrected chi connectivity index (χ0v) is 11.1. The molecule has 0 aliphatic heterocycles. The molecule has 0 spiro atoms. The number of hydrogen-bond acceptors (Lipinski definition) is 3. The molecule has 0 fully saturated rings. The van der Waals surface area contributed by atoms with Crippen LogP contribution in [0.5, 0.6) is 5.75 Å². The van der Waals surface area contributed by atoms with Crippen molar-refractivity contribution < 1.29 is 9.53 Å². The van der Waals surface area contributed by atoms with E-state index >= 15 is 0 Å². The Morgan fingerprint density at radius 1 is 1.50 bits per heavy atom. The van der Waals surface area contributed by atoms with Crippen LogP contribution in [-0.4, -0.2) is 31.0 Å². The predicted octanol–water partition coefficient (Wildman–Crippen LogP) is 2.62. The molecule has 0 saturated heterocycles. The molecule has 96 valence electrons. The van der Waals surface area contributed by atoms with Gasteiger partial charge in [0.05, 0.1) is 29.6 Å². The number of ketones is 1. The first-order valence-corrected chi connectivity index (χ1v) is 6.14. The number of hydrogen-bond donors (Lipinski definition) is 2. The van der Waals surface area contributed by atoms with E-state index in [1.165, 1.54) is 0 Å². The normalized spacial score (nSPS) is 10.8. The van der Waals surface area contributed by atoms with E-state index in [0.717, 1.165) is 17.4 Å². The van der Waals surface area contributed by atoms with E-state index in [-0.39, 0.29) is 5.78 Å². The Morgan fingerprint density at radius 2 is 2.28 bits per heavy atom. The van der Waals surface area contributed by atoms with Gasteiger partial charge in [0.15, 0.2) is 5.78 Å². The molecule has 0 aliphatic carbocycles. The number of benzene rings is 1. The number of likely N-dealkylation sites (N-methyl/N-ethyl adjacent to an activating group) is 1. The lowest BCUT2D eigenvalue weighted by molar-refractivity contribution is 0.0993. The fraction of sp³-hybridized carbons (Fsp3) is 0.308. The Balaban J connectivity index is 2.51. The Bertz CT molecular complexity index is 578. The van der Waals surface area contributed by atoms with Crippen LogP contribution in [0.15, 0.2) is 18.3 Å². The van der Waals surface area contributed by atoms with E-state index in [0.29, 0.717) is 22.9 Å². The van der Waals surface area contributed by atoms with E-state index < -0.39 is 0 Å². The maximum atomic E-state index is 12.1. The van der Waals surface area contributed by atoms with Gasteiger partial charge < -0.3 is 15.0 Å². The highest BCUT2D eigenvalue weighted by Crippen LogP contribution is 2.33. The molecule has 2 N–H and O–H groups in total. The largest absolute Gasteiger partial charge is 0.496 e. The molecular weight excluding hydrogens is 252 g/mol. The zero-order chi connectivity index (χ0) is 13.1. The average Bonchev–Trinajstić information content (AvgIpc) is 2.82. The van der Waals surface area contributed by atoms with Crippen LogP contribution >= 0.6 is 11.6 Å². The average molecular weight is 267 g/mol. The first kappa shape index (κ1) is 12.9. The van der Waals surface area contributed by atoms with Crippen LogP contribution in [0.2, 0.25) is 5.02 Å². The third-order valence-electron chi connectivity index (χ3n) is 2.80. The summed E-state index contributed by atoms with van der Waals surface area (Å²) >= 11 is 6.09. The summed E-state index contributed by atoms with van der Waals surface area (Å²) in [7, 11) is 1.58. The highest BCUT2D eigenvalue weighted by Gasteiger charge is 2.17. The summed E-state index contributed by atoms with van der Waals surface area (Å²) in [5, 5.41) is 4.34. The molecule has 2 aromatic rings. The standard InChI is InChI=1S/C13H15ClN2O2/c1-3-15-7-10(17)8-6-16-13-9(14)4-5-11(18-2)12(8)13/h4-6,15-16H,3,7H2,1-2H3. The molecule has 18 heavy (non-hydrogen) atoms. The van der Waals surface area contributed by atoms with Crippen molar-refractivity contribution in [2.45, 2.75) is 6.92 Å². The zero-order valence-electron chi connectivity index (χ0n) is 10.3. The third kappa shape index (κ3) is 2.21. The van der Waals surface area contributed by atoms with Gasteiger partial charge in [-0.3, -0.25) is 4.79 Å². The first-order valence-electron chi connectivity index (χ1n) is 5.76. The van der Waals surface area contributed by atoms with Crippen LogP contribution in [0.4, 0.5) is 0 Å². The van der Waals surface area contributed by atoms with Gasteiger partial charge >= 0.3 is 0 Å². The predicted molar refractivity (Wildman–Crippen MR) is 72.7 cm³/mol. The van der Waals surface area contributed by atoms with Crippen LogP contribution < -0.4 is 10.1 Å². The lowest BCUT2D eigenvalue weighted by Crippen LogP contribution is -2.22. The quantitative estimate of drug-likeness (QED) is 0.818. The molecule has 0 saturated carbocycles. The third-order valence-corrected chi connectivity index (χ3v) is 3.12. The van der Waals surface area contributed by atoms with Crippen LogP contribution in [0, 0.1) is 0 Å². The first-order chi connectivity index (χ1) is 8.69. The minimum atomic E-state index is 0.0173. The van der Waals surface area contributed by atoms with E-state index in [1.807, 2.05) is 6.92 Å². The lowest BCUT2D eigenvalue weighted by Gasteiger charge is -2.05. The second-order valence-electron chi connectivity index (χ2n) is 3.91. The van der Waals surface area contributed by atoms with E-state index in [4.69, 9.17) is 16.3 Å². The molecule has 4 nitrogen and oxygen atoms in total. The number of Topliss-reactive ketones (excluding diaryl/α,β-unsaturated/α-hetero) is 1. The number of methoxy groups -OCH3 is 1. The Hall–Kier alpha value is -1.52. The van der Waals surface area contributed by atoms with Gasteiger partial charge in [0.2, 0.25) is 0 Å². The number of ether oxygens (including phenoxy) is 1. The summed E-state index contributed by atoms with van der Waals surface area (Å²) in [4.78, 5) is 15.1. The van der Waals surface area contributed by atoms with Gasteiger partial charge in [-0.15, -0.1) is 0 Å². The number of aromatic amines is 1. The van der Waals surface area contributed by atoms with Gasteiger partial charge in [0.25, 0.3) is 0 Å². The smallest absolute Gasteiger partial charge is 0.178 e. The Labute approximate surface area is 110 Å². The number of H-pyrrole nitrogens is 1. The van der Waals surface area contributed by atoms with Crippen molar-refractivity contribution >= 4 is 28.3 Å². The van der Waals surface area contributed by atoms with Gasteiger partial charge in [-0.1, -0.05) is 18.5 Å². The van der Waals surface area contributed by atoms with Crippen LogP contribution in [0.25, 0.3) is 10.9 Å². The minimum Gasteiger partial charge on any atom is -0.496 e. The monoisotopic (exact) mass is 266 g/mol. The SMILES string of the molecule is CCNCC(=O)c1c[nH]c2c(Cl)ccc(OC)c12. The van der Waals surface area contributed by atoms with Crippen molar-refractivity contribution in [1.82, 2.24) is 10.3 Å². The molecule has 0 amide bonds. The topological polar surface area (TPSA) is 54.1 Å². The van der Waals surface area contributed by atoms with Crippen molar-refractivity contribution in [1.29, 1.82) is 0 Å².